The van der Waals surface area contributed by atoms with Crippen LogP contribution in [0.1, 0.15) is 18.7 Å². The summed E-state index contributed by atoms with van der Waals surface area (Å²) in [4.78, 5) is 12.9. The molecule has 1 fully saturated rings. The van der Waals surface area contributed by atoms with E-state index in [4.69, 9.17) is 21.1 Å². The van der Waals surface area contributed by atoms with Crippen molar-refractivity contribution >= 4 is 22.8 Å². The summed E-state index contributed by atoms with van der Waals surface area (Å²) in [5.41, 5.74) is 1.47. The molecule has 0 radical (unpaired) electrons. The van der Waals surface area contributed by atoms with Gasteiger partial charge in [-0.05, 0) is 18.8 Å². The molecule has 0 atom stereocenters. The number of aromatic nitrogens is 4. The van der Waals surface area contributed by atoms with Gasteiger partial charge in [-0.25, -0.2) is 9.97 Å². The van der Waals surface area contributed by atoms with E-state index >= 15 is 0 Å². The number of ether oxygens (including phenoxy) is 2. The van der Waals surface area contributed by atoms with E-state index in [0.717, 1.165) is 44.1 Å². The monoisotopic (exact) mass is 296 g/mol. The fraction of sp³-hybridized carbons (Fsp3) is 0.615. The lowest BCUT2D eigenvalue weighted by molar-refractivity contribution is 0.0613. The quantitative estimate of drug-likeness (QED) is 0.808. The summed E-state index contributed by atoms with van der Waals surface area (Å²) in [6.07, 6.45) is 3.62. The van der Waals surface area contributed by atoms with E-state index in [1.54, 1.807) is 7.11 Å². The molecule has 108 valence electrons. The van der Waals surface area contributed by atoms with E-state index in [-0.39, 0.29) is 0 Å². The molecule has 1 saturated heterocycles. The van der Waals surface area contributed by atoms with Crippen LogP contribution in [0.15, 0.2) is 6.33 Å². The van der Waals surface area contributed by atoms with E-state index in [1.165, 1.54) is 6.33 Å². The van der Waals surface area contributed by atoms with Crippen molar-refractivity contribution in [2.24, 2.45) is 5.92 Å². The second-order valence-corrected chi connectivity index (χ2v) is 5.15. The van der Waals surface area contributed by atoms with Crippen molar-refractivity contribution in [3.05, 3.63) is 12.2 Å². The van der Waals surface area contributed by atoms with E-state index < -0.39 is 0 Å². The lowest BCUT2D eigenvalue weighted by Crippen LogP contribution is -2.21. The average Bonchev–Trinajstić information content (AvgIpc) is 2.86. The molecule has 2 aromatic rings. The Labute approximate surface area is 122 Å². The van der Waals surface area contributed by atoms with E-state index in [0.29, 0.717) is 23.2 Å². The van der Waals surface area contributed by atoms with Crippen molar-refractivity contribution in [2.75, 3.05) is 20.3 Å². The van der Waals surface area contributed by atoms with Crippen LogP contribution in [-0.4, -0.2) is 39.8 Å². The molecule has 0 unspecified atom stereocenters. The highest BCUT2D eigenvalue weighted by Gasteiger charge is 2.20. The zero-order valence-corrected chi connectivity index (χ0v) is 12.1. The molecular formula is C13H17ClN4O2. The Hall–Kier alpha value is -1.40. The molecule has 2 aromatic heterocycles. The van der Waals surface area contributed by atoms with Crippen LogP contribution in [0.5, 0.6) is 5.88 Å². The SMILES string of the molecule is COc1ncnc2c1nc(CCl)n2CC1CCOCC1. The highest BCUT2D eigenvalue weighted by atomic mass is 35.5. The topological polar surface area (TPSA) is 62.1 Å². The Morgan fingerprint density at radius 1 is 1.40 bits per heavy atom. The Kier molecular flexibility index (Phi) is 4.03. The number of alkyl halides is 1. The zero-order chi connectivity index (χ0) is 13.9. The van der Waals surface area contributed by atoms with Crippen molar-refractivity contribution in [1.82, 2.24) is 19.5 Å². The molecule has 0 aromatic carbocycles. The van der Waals surface area contributed by atoms with Crippen LogP contribution in [0.2, 0.25) is 0 Å². The number of fused-ring (bicyclic) bond motifs is 1. The van der Waals surface area contributed by atoms with Crippen molar-refractivity contribution < 1.29 is 9.47 Å². The predicted molar refractivity (Wildman–Crippen MR) is 75.0 cm³/mol. The first kappa shape index (κ1) is 13.6. The van der Waals surface area contributed by atoms with E-state index in [1.807, 2.05) is 0 Å². The molecule has 0 spiro atoms. The molecule has 3 rings (SSSR count). The number of hydrogen-bond acceptors (Lipinski definition) is 5. The molecule has 0 N–H and O–H groups in total. The number of halogens is 1. The maximum Gasteiger partial charge on any atom is 0.245 e. The molecule has 0 bridgehead atoms. The fourth-order valence-corrected chi connectivity index (χ4v) is 2.80. The standard InChI is InChI=1S/C13H17ClN4O2/c1-19-13-11-12(15-8-16-13)18(10(6-14)17-11)7-9-2-4-20-5-3-9/h8-9H,2-7H2,1H3. The molecular weight excluding hydrogens is 280 g/mol. The van der Waals surface area contributed by atoms with Crippen LogP contribution in [0.3, 0.4) is 0 Å². The van der Waals surface area contributed by atoms with Gasteiger partial charge in [0.05, 0.1) is 13.0 Å². The number of rotatable bonds is 4. The molecule has 0 amide bonds. The van der Waals surface area contributed by atoms with Crippen molar-refractivity contribution in [3.63, 3.8) is 0 Å². The van der Waals surface area contributed by atoms with Crippen LogP contribution >= 0.6 is 11.6 Å². The average molecular weight is 297 g/mol. The highest BCUT2D eigenvalue weighted by Crippen LogP contribution is 2.25. The minimum absolute atomic E-state index is 0.350. The summed E-state index contributed by atoms with van der Waals surface area (Å²) in [6, 6.07) is 0. The first-order valence-corrected chi connectivity index (χ1v) is 7.24. The van der Waals surface area contributed by atoms with Crippen molar-refractivity contribution in [2.45, 2.75) is 25.3 Å². The third kappa shape index (κ3) is 2.45. The summed E-state index contributed by atoms with van der Waals surface area (Å²) in [6.45, 7) is 2.51. The summed E-state index contributed by atoms with van der Waals surface area (Å²) in [5.74, 6) is 2.23. The van der Waals surface area contributed by atoms with Crippen molar-refractivity contribution in [3.8, 4) is 5.88 Å². The van der Waals surface area contributed by atoms with Gasteiger partial charge < -0.3 is 14.0 Å². The summed E-state index contributed by atoms with van der Waals surface area (Å²) >= 11 is 6.02. The van der Waals surface area contributed by atoms with Crippen LogP contribution < -0.4 is 4.74 Å². The minimum Gasteiger partial charge on any atom is -0.479 e. The summed E-state index contributed by atoms with van der Waals surface area (Å²) in [5, 5.41) is 0. The van der Waals surface area contributed by atoms with Gasteiger partial charge in [0.2, 0.25) is 5.88 Å². The molecule has 0 aliphatic carbocycles. The second kappa shape index (κ2) is 5.93. The summed E-state index contributed by atoms with van der Waals surface area (Å²) in [7, 11) is 1.58. The van der Waals surface area contributed by atoms with Crippen LogP contribution in [0.4, 0.5) is 0 Å². The lowest BCUT2D eigenvalue weighted by Gasteiger charge is -2.23. The van der Waals surface area contributed by atoms with E-state index in [2.05, 4.69) is 19.5 Å². The molecule has 1 aliphatic heterocycles. The fourth-order valence-electron chi connectivity index (χ4n) is 2.59. The predicted octanol–water partition coefficient (Wildman–Crippen LogP) is 2.00. The zero-order valence-electron chi connectivity index (χ0n) is 11.4. The maximum absolute atomic E-state index is 6.02. The first-order valence-electron chi connectivity index (χ1n) is 6.71. The van der Waals surface area contributed by atoms with Gasteiger partial charge in [-0.3, -0.25) is 0 Å². The minimum atomic E-state index is 0.350. The third-order valence-electron chi connectivity index (χ3n) is 3.67. The normalized spacial score (nSPS) is 16.7. The molecule has 3 heterocycles. The first-order chi connectivity index (χ1) is 9.83. The summed E-state index contributed by atoms with van der Waals surface area (Å²) < 4.78 is 12.7. The maximum atomic E-state index is 6.02. The Morgan fingerprint density at radius 2 is 2.20 bits per heavy atom. The van der Waals surface area contributed by atoms with Crippen molar-refractivity contribution in [1.29, 1.82) is 0 Å². The highest BCUT2D eigenvalue weighted by molar-refractivity contribution is 6.16. The Morgan fingerprint density at radius 3 is 2.90 bits per heavy atom. The van der Waals surface area contributed by atoms with Gasteiger partial charge in [-0.15, -0.1) is 11.6 Å². The second-order valence-electron chi connectivity index (χ2n) is 4.88. The Bertz CT molecular complexity index is 595. The van der Waals surface area contributed by atoms with Gasteiger partial charge >= 0.3 is 0 Å². The number of methoxy groups -OCH3 is 1. The van der Waals surface area contributed by atoms with Crippen LogP contribution in [0.25, 0.3) is 11.2 Å². The van der Waals surface area contributed by atoms with Gasteiger partial charge in [0.1, 0.15) is 12.2 Å². The molecule has 7 heteroatoms. The number of hydrogen-bond donors (Lipinski definition) is 0. The largest absolute Gasteiger partial charge is 0.479 e. The molecule has 0 saturated carbocycles. The molecule has 6 nitrogen and oxygen atoms in total. The molecule has 1 aliphatic rings. The van der Waals surface area contributed by atoms with Gasteiger partial charge in [-0.2, -0.15) is 4.98 Å². The van der Waals surface area contributed by atoms with Crippen LogP contribution in [-0.2, 0) is 17.2 Å². The number of nitrogens with zero attached hydrogens (tertiary/aromatic N) is 4. The van der Waals surface area contributed by atoms with Gasteiger partial charge in [-0.1, -0.05) is 0 Å². The lowest BCUT2D eigenvalue weighted by atomic mass is 10.0. The van der Waals surface area contributed by atoms with Gasteiger partial charge in [0.25, 0.3) is 0 Å². The van der Waals surface area contributed by atoms with E-state index in [9.17, 15) is 0 Å². The molecule has 20 heavy (non-hydrogen) atoms. The third-order valence-corrected chi connectivity index (χ3v) is 3.91. The number of imidazole rings is 1. The van der Waals surface area contributed by atoms with Crippen LogP contribution in [0, 0.1) is 5.92 Å². The smallest absolute Gasteiger partial charge is 0.245 e. The van der Waals surface area contributed by atoms with Gasteiger partial charge in [0.15, 0.2) is 11.2 Å². The Balaban J connectivity index is 1.99. The van der Waals surface area contributed by atoms with Gasteiger partial charge in [0, 0.05) is 19.8 Å².